The summed E-state index contributed by atoms with van der Waals surface area (Å²) in [5.74, 6) is 0.905. The van der Waals surface area contributed by atoms with E-state index in [1.807, 2.05) is 12.1 Å². The second-order valence-corrected chi connectivity index (χ2v) is 5.92. The summed E-state index contributed by atoms with van der Waals surface area (Å²) in [5, 5.41) is 3.76. The summed E-state index contributed by atoms with van der Waals surface area (Å²) in [6.07, 6.45) is 6.24. The number of nitrogens with one attached hydrogen (secondary N) is 1. The standard InChI is InChI=1S/C16H26N2O/c1-16(12-17,18-14-5-3-4-6-14)11-13-7-9-15(19-2)10-8-13/h7-10,14,18H,3-6,11-12,17H2,1-2H3. The fourth-order valence-corrected chi connectivity index (χ4v) is 2.94. The Kier molecular flexibility index (Phi) is 4.83. The highest BCUT2D eigenvalue weighted by molar-refractivity contribution is 5.28. The predicted molar refractivity (Wildman–Crippen MR) is 79.5 cm³/mol. The van der Waals surface area contributed by atoms with Crippen LogP contribution < -0.4 is 15.8 Å². The maximum absolute atomic E-state index is 6.00. The molecule has 1 unspecified atom stereocenters. The minimum absolute atomic E-state index is 0.0103. The molecule has 2 rings (SSSR count). The molecule has 1 aliphatic rings. The van der Waals surface area contributed by atoms with E-state index in [4.69, 9.17) is 10.5 Å². The Morgan fingerprint density at radius 1 is 1.26 bits per heavy atom. The van der Waals surface area contributed by atoms with Gasteiger partial charge < -0.3 is 15.8 Å². The Hall–Kier alpha value is -1.06. The molecule has 0 spiro atoms. The van der Waals surface area contributed by atoms with Gasteiger partial charge in [0, 0.05) is 18.1 Å². The highest BCUT2D eigenvalue weighted by atomic mass is 16.5. The highest BCUT2D eigenvalue weighted by Crippen LogP contribution is 2.22. The van der Waals surface area contributed by atoms with Gasteiger partial charge in [0.1, 0.15) is 5.75 Å². The van der Waals surface area contributed by atoms with Gasteiger partial charge >= 0.3 is 0 Å². The second kappa shape index (κ2) is 6.40. The molecule has 19 heavy (non-hydrogen) atoms. The van der Waals surface area contributed by atoms with E-state index in [1.54, 1.807) is 7.11 Å². The Labute approximate surface area is 116 Å². The molecule has 106 valence electrons. The number of nitrogens with two attached hydrogens (primary N) is 1. The zero-order valence-corrected chi connectivity index (χ0v) is 12.1. The molecule has 1 aliphatic carbocycles. The zero-order valence-electron chi connectivity index (χ0n) is 12.1. The van der Waals surface area contributed by atoms with Crippen molar-refractivity contribution in [3.8, 4) is 5.75 Å². The number of ether oxygens (including phenoxy) is 1. The van der Waals surface area contributed by atoms with Crippen molar-refractivity contribution in [3.63, 3.8) is 0 Å². The van der Waals surface area contributed by atoms with Gasteiger partial charge in [0.25, 0.3) is 0 Å². The molecule has 1 aromatic rings. The summed E-state index contributed by atoms with van der Waals surface area (Å²) < 4.78 is 5.19. The number of methoxy groups -OCH3 is 1. The first-order valence-corrected chi connectivity index (χ1v) is 7.26. The molecule has 0 amide bonds. The van der Waals surface area contributed by atoms with Crippen LogP contribution in [0.4, 0.5) is 0 Å². The maximum atomic E-state index is 6.00. The summed E-state index contributed by atoms with van der Waals surface area (Å²) in [6, 6.07) is 8.93. The minimum atomic E-state index is -0.0103. The van der Waals surface area contributed by atoms with Crippen LogP contribution in [0.25, 0.3) is 0 Å². The molecule has 1 atom stereocenters. The number of hydrogen-bond donors (Lipinski definition) is 2. The molecule has 3 nitrogen and oxygen atoms in total. The van der Waals surface area contributed by atoms with Crippen molar-refractivity contribution in [2.75, 3.05) is 13.7 Å². The van der Waals surface area contributed by atoms with Gasteiger partial charge in [-0.05, 0) is 43.9 Å². The van der Waals surface area contributed by atoms with Gasteiger partial charge in [-0.15, -0.1) is 0 Å². The fourth-order valence-electron chi connectivity index (χ4n) is 2.94. The number of benzene rings is 1. The third-order valence-corrected chi connectivity index (χ3v) is 4.11. The quantitative estimate of drug-likeness (QED) is 0.828. The lowest BCUT2D eigenvalue weighted by molar-refractivity contribution is 0.313. The Morgan fingerprint density at radius 2 is 1.89 bits per heavy atom. The van der Waals surface area contributed by atoms with Crippen molar-refractivity contribution in [3.05, 3.63) is 29.8 Å². The summed E-state index contributed by atoms with van der Waals surface area (Å²) in [4.78, 5) is 0. The second-order valence-electron chi connectivity index (χ2n) is 5.92. The summed E-state index contributed by atoms with van der Waals surface area (Å²) in [5.41, 5.74) is 7.30. The lowest BCUT2D eigenvalue weighted by Crippen LogP contribution is -2.53. The van der Waals surface area contributed by atoms with Crippen LogP contribution in [0.15, 0.2) is 24.3 Å². The Morgan fingerprint density at radius 3 is 2.42 bits per heavy atom. The van der Waals surface area contributed by atoms with E-state index in [9.17, 15) is 0 Å². The molecule has 3 heteroatoms. The van der Waals surface area contributed by atoms with Gasteiger partial charge in [0.15, 0.2) is 0 Å². The molecule has 1 fully saturated rings. The molecule has 0 aliphatic heterocycles. The van der Waals surface area contributed by atoms with E-state index in [0.29, 0.717) is 12.6 Å². The van der Waals surface area contributed by atoms with Crippen molar-refractivity contribution < 1.29 is 4.74 Å². The van der Waals surface area contributed by atoms with Crippen molar-refractivity contribution in [1.82, 2.24) is 5.32 Å². The average Bonchev–Trinajstić information content (AvgIpc) is 2.92. The van der Waals surface area contributed by atoms with Crippen LogP contribution in [-0.4, -0.2) is 25.2 Å². The SMILES string of the molecule is COc1ccc(CC(C)(CN)NC2CCCC2)cc1. The normalized spacial score (nSPS) is 19.3. The predicted octanol–water partition coefficient (Wildman–Crippen LogP) is 2.49. The minimum Gasteiger partial charge on any atom is -0.497 e. The van der Waals surface area contributed by atoms with Crippen molar-refractivity contribution >= 4 is 0 Å². The van der Waals surface area contributed by atoms with E-state index in [0.717, 1.165) is 12.2 Å². The summed E-state index contributed by atoms with van der Waals surface area (Å²) in [7, 11) is 1.70. The van der Waals surface area contributed by atoms with Crippen LogP contribution in [0, 0.1) is 0 Å². The summed E-state index contributed by atoms with van der Waals surface area (Å²) >= 11 is 0. The molecule has 1 saturated carbocycles. The average molecular weight is 262 g/mol. The molecular weight excluding hydrogens is 236 g/mol. The van der Waals surface area contributed by atoms with Crippen molar-refractivity contribution in [2.45, 2.75) is 50.6 Å². The lowest BCUT2D eigenvalue weighted by Gasteiger charge is -2.33. The monoisotopic (exact) mass is 262 g/mol. The van der Waals surface area contributed by atoms with Gasteiger partial charge in [-0.1, -0.05) is 25.0 Å². The number of hydrogen-bond acceptors (Lipinski definition) is 3. The smallest absolute Gasteiger partial charge is 0.118 e. The van der Waals surface area contributed by atoms with E-state index >= 15 is 0 Å². The summed E-state index contributed by atoms with van der Waals surface area (Å²) in [6.45, 7) is 2.89. The fraction of sp³-hybridized carbons (Fsp3) is 0.625. The van der Waals surface area contributed by atoms with Gasteiger partial charge in [0.2, 0.25) is 0 Å². The molecule has 0 saturated heterocycles. The molecule has 3 N–H and O–H groups in total. The maximum Gasteiger partial charge on any atom is 0.118 e. The molecular formula is C16H26N2O. The Balaban J connectivity index is 1.99. The molecule has 0 bridgehead atoms. The van der Waals surface area contributed by atoms with E-state index in [-0.39, 0.29) is 5.54 Å². The third-order valence-electron chi connectivity index (χ3n) is 4.11. The Bertz CT molecular complexity index is 384. The first kappa shape index (κ1) is 14.4. The van der Waals surface area contributed by atoms with Crippen molar-refractivity contribution in [1.29, 1.82) is 0 Å². The van der Waals surface area contributed by atoms with E-state index in [2.05, 4.69) is 24.4 Å². The van der Waals surface area contributed by atoms with Gasteiger partial charge in [-0.2, -0.15) is 0 Å². The third kappa shape index (κ3) is 3.95. The van der Waals surface area contributed by atoms with Crippen LogP contribution in [0.2, 0.25) is 0 Å². The van der Waals surface area contributed by atoms with Crippen molar-refractivity contribution in [2.24, 2.45) is 5.73 Å². The molecule has 0 radical (unpaired) electrons. The van der Waals surface area contributed by atoms with E-state index < -0.39 is 0 Å². The van der Waals surface area contributed by atoms with Crippen LogP contribution in [-0.2, 0) is 6.42 Å². The molecule has 1 aromatic carbocycles. The largest absolute Gasteiger partial charge is 0.497 e. The van der Waals surface area contributed by atoms with Gasteiger partial charge in [-0.3, -0.25) is 0 Å². The first-order valence-electron chi connectivity index (χ1n) is 7.26. The topological polar surface area (TPSA) is 47.3 Å². The van der Waals surface area contributed by atoms with Gasteiger partial charge in [-0.25, -0.2) is 0 Å². The zero-order chi connectivity index (χ0) is 13.7. The first-order chi connectivity index (χ1) is 9.15. The van der Waals surface area contributed by atoms with E-state index in [1.165, 1.54) is 31.2 Å². The number of rotatable bonds is 6. The van der Waals surface area contributed by atoms with Crippen LogP contribution in [0.5, 0.6) is 5.75 Å². The highest BCUT2D eigenvalue weighted by Gasteiger charge is 2.27. The molecule has 0 heterocycles. The molecule has 0 aromatic heterocycles. The van der Waals surface area contributed by atoms with Crippen LogP contribution >= 0.6 is 0 Å². The van der Waals surface area contributed by atoms with Crippen LogP contribution in [0.3, 0.4) is 0 Å². The lowest BCUT2D eigenvalue weighted by atomic mass is 9.91. The van der Waals surface area contributed by atoms with Crippen LogP contribution in [0.1, 0.15) is 38.2 Å². The van der Waals surface area contributed by atoms with Gasteiger partial charge in [0.05, 0.1) is 7.11 Å².